The molecule has 0 aliphatic heterocycles. The summed E-state index contributed by atoms with van der Waals surface area (Å²) in [5.74, 6) is 1.84. The van der Waals surface area contributed by atoms with Gasteiger partial charge in [0.1, 0.15) is 11.5 Å². The first kappa shape index (κ1) is 20.0. The van der Waals surface area contributed by atoms with Crippen LogP contribution in [0, 0.1) is 0 Å². The average Bonchev–Trinajstić information content (AvgIpc) is 3.24. The van der Waals surface area contributed by atoms with E-state index in [1.807, 2.05) is 35.7 Å². The molecule has 0 aliphatic carbocycles. The number of methoxy groups -OCH3 is 2. The third-order valence-corrected chi connectivity index (χ3v) is 5.92. The fourth-order valence-electron chi connectivity index (χ4n) is 3.63. The summed E-state index contributed by atoms with van der Waals surface area (Å²) in [7, 11) is 3.38. The lowest BCUT2D eigenvalue weighted by Gasteiger charge is -2.17. The molecule has 0 spiro atoms. The van der Waals surface area contributed by atoms with Gasteiger partial charge in [0.05, 0.1) is 19.9 Å². The molecule has 0 saturated carbocycles. The van der Waals surface area contributed by atoms with Gasteiger partial charge in [-0.2, -0.15) is 0 Å². The van der Waals surface area contributed by atoms with Gasteiger partial charge in [-0.05, 0) is 41.3 Å². The molecule has 4 rings (SSSR count). The summed E-state index contributed by atoms with van der Waals surface area (Å²) >= 11 is 1.48. The average molecular weight is 417 g/mol. The molecule has 152 valence electrons. The Morgan fingerprint density at radius 2 is 1.63 bits per heavy atom. The Hall–Kier alpha value is -3.31. The highest BCUT2D eigenvalue weighted by atomic mass is 32.1. The van der Waals surface area contributed by atoms with Crippen molar-refractivity contribution < 1.29 is 9.47 Å². The zero-order valence-corrected chi connectivity index (χ0v) is 17.9. The monoisotopic (exact) mass is 416 g/mol. The summed E-state index contributed by atoms with van der Waals surface area (Å²) in [4.78, 5) is 4.56. The third-order valence-electron chi connectivity index (χ3n) is 5.23. The molecule has 0 radical (unpaired) electrons. The number of nitrogen functional groups attached to an aromatic ring is 1. The van der Waals surface area contributed by atoms with Gasteiger partial charge >= 0.3 is 0 Å². The number of para-hydroxylation sites is 1. The van der Waals surface area contributed by atoms with E-state index in [-0.39, 0.29) is 5.92 Å². The predicted molar refractivity (Wildman–Crippen MR) is 123 cm³/mol. The second kappa shape index (κ2) is 9.01. The SMILES string of the molecule is COc1ccc([C@H](Cc2ccc(-c3ccccc3OC)cc2)c2csc(N)n2)cc1. The van der Waals surface area contributed by atoms with Crippen LogP contribution in [0.4, 0.5) is 5.13 Å². The van der Waals surface area contributed by atoms with E-state index in [0.29, 0.717) is 5.13 Å². The minimum atomic E-state index is 0.126. The van der Waals surface area contributed by atoms with Gasteiger partial charge in [-0.15, -0.1) is 11.3 Å². The number of aromatic nitrogens is 1. The molecule has 1 aromatic heterocycles. The highest BCUT2D eigenvalue weighted by Gasteiger charge is 2.18. The van der Waals surface area contributed by atoms with Crippen molar-refractivity contribution in [3.8, 4) is 22.6 Å². The van der Waals surface area contributed by atoms with E-state index < -0.39 is 0 Å². The van der Waals surface area contributed by atoms with Crippen LogP contribution in [0.25, 0.3) is 11.1 Å². The molecule has 4 nitrogen and oxygen atoms in total. The number of benzene rings is 3. The molecule has 1 heterocycles. The maximum atomic E-state index is 5.92. The summed E-state index contributed by atoms with van der Waals surface area (Å²) in [6.45, 7) is 0. The number of thiazole rings is 1. The first-order valence-corrected chi connectivity index (χ1v) is 10.6. The first-order chi connectivity index (χ1) is 14.7. The molecule has 3 aromatic carbocycles. The van der Waals surface area contributed by atoms with Gasteiger partial charge in [0.15, 0.2) is 5.13 Å². The van der Waals surface area contributed by atoms with Crippen molar-refractivity contribution in [2.45, 2.75) is 12.3 Å². The molecule has 0 aliphatic rings. The van der Waals surface area contributed by atoms with Crippen molar-refractivity contribution in [3.63, 3.8) is 0 Å². The van der Waals surface area contributed by atoms with Crippen LogP contribution >= 0.6 is 11.3 Å². The number of ether oxygens (including phenoxy) is 2. The van der Waals surface area contributed by atoms with Gasteiger partial charge in [-0.1, -0.05) is 54.6 Å². The Morgan fingerprint density at radius 3 is 2.27 bits per heavy atom. The van der Waals surface area contributed by atoms with Crippen LogP contribution in [0.5, 0.6) is 11.5 Å². The van der Waals surface area contributed by atoms with Gasteiger partial charge < -0.3 is 15.2 Å². The largest absolute Gasteiger partial charge is 0.497 e. The molecular formula is C25H24N2O2S. The summed E-state index contributed by atoms with van der Waals surface area (Å²) < 4.78 is 10.8. The normalized spacial score (nSPS) is 11.8. The molecule has 2 N–H and O–H groups in total. The molecule has 1 atom stereocenters. The summed E-state index contributed by atoms with van der Waals surface area (Å²) in [5, 5.41) is 2.64. The van der Waals surface area contributed by atoms with Crippen LogP contribution < -0.4 is 15.2 Å². The van der Waals surface area contributed by atoms with E-state index in [1.165, 1.54) is 22.5 Å². The van der Waals surface area contributed by atoms with Crippen molar-refractivity contribution in [1.29, 1.82) is 0 Å². The summed E-state index contributed by atoms with van der Waals surface area (Å²) in [5.41, 5.74) is 11.6. The number of hydrogen-bond donors (Lipinski definition) is 1. The maximum absolute atomic E-state index is 5.92. The van der Waals surface area contributed by atoms with Crippen LogP contribution in [0.3, 0.4) is 0 Å². The van der Waals surface area contributed by atoms with Gasteiger partial charge in [0, 0.05) is 16.9 Å². The number of rotatable bonds is 7. The van der Waals surface area contributed by atoms with Crippen molar-refractivity contribution in [2.75, 3.05) is 20.0 Å². The van der Waals surface area contributed by atoms with Crippen LogP contribution in [0.1, 0.15) is 22.7 Å². The predicted octanol–water partition coefficient (Wildman–Crippen LogP) is 5.78. The lowest BCUT2D eigenvalue weighted by molar-refractivity contribution is 0.414. The lowest BCUT2D eigenvalue weighted by atomic mass is 9.89. The highest BCUT2D eigenvalue weighted by molar-refractivity contribution is 7.13. The molecular weight excluding hydrogens is 392 g/mol. The number of nitrogens with two attached hydrogens (primary N) is 1. The second-order valence-corrected chi connectivity index (χ2v) is 7.93. The van der Waals surface area contributed by atoms with Crippen LogP contribution in [0.2, 0.25) is 0 Å². The van der Waals surface area contributed by atoms with Crippen molar-refractivity contribution in [2.24, 2.45) is 0 Å². The van der Waals surface area contributed by atoms with E-state index in [4.69, 9.17) is 15.2 Å². The smallest absolute Gasteiger partial charge is 0.180 e. The fourth-order valence-corrected chi connectivity index (χ4v) is 4.25. The van der Waals surface area contributed by atoms with E-state index in [9.17, 15) is 0 Å². The lowest BCUT2D eigenvalue weighted by Crippen LogP contribution is -2.06. The molecule has 0 amide bonds. The van der Waals surface area contributed by atoms with E-state index >= 15 is 0 Å². The topological polar surface area (TPSA) is 57.4 Å². The Bertz CT molecular complexity index is 1100. The molecule has 30 heavy (non-hydrogen) atoms. The minimum absolute atomic E-state index is 0.126. The Kier molecular flexibility index (Phi) is 6.00. The molecule has 0 bridgehead atoms. The minimum Gasteiger partial charge on any atom is -0.497 e. The van der Waals surface area contributed by atoms with Crippen molar-refractivity contribution in [1.82, 2.24) is 4.98 Å². The molecule has 5 heteroatoms. The van der Waals surface area contributed by atoms with Gasteiger partial charge in [-0.25, -0.2) is 4.98 Å². The standard InChI is InChI=1S/C25H24N2O2S/c1-28-20-13-11-19(12-14-20)22(23-16-30-25(26)27-23)15-17-7-9-18(10-8-17)21-5-3-4-6-24(21)29-2/h3-14,16,22H,15H2,1-2H3,(H2,26,27)/t22-/m0/s1. The Balaban J connectivity index is 1.62. The molecule has 4 aromatic rings. The second-order valence-electron chi connectivity index (χ2n) is 7.04. The number of nitrogens with zero attached hydrogens (tertiary/aromatic N) is 1. The molecule has 0 saturated heterocycles. The number of anilines is 1. The quantitative estimate of drug-likeness (QED) is 0.415. The van der Waals surface area contributed by atoms with Crippen LogP contribution in [-0.2, 0) is 6.42 Å². The van der Waals surface area contributed by atoms with E-state index in [2.05, 4.69) is 47.4 Å². The Labute approximate surface area is 180 Å². The molecule has 0 fully saturated rings. The van der Waals surface area contributed by atoms with Crippen LogP contribution in [0.15, 0.2) is 78.2 Å². The zero-order chi connectivity index (χ0) is 20.9. The highest BCUT2D eigenvalue weighted by Crippen LogP contribution is 2.33. The van der Waals surface area contributed by atoms with Gasteiger partial charge in [0.2, 0.25) is 0 Å². The van der Waals surface area contributed by atoms with Crippen molar-refractivity contribution >= 4 is 16.5 Å². The third kappa shape index (κ3) is 4.31. The maximum Gasteiger partial charge on any atom is 0.180 e. The summed E-state index contributed by atoms with van der Waals surface area (Å²) in [6, 6.07) is 24.9. The van der Waals surface area contributed by atoms with Crippen LogP contribution in [-0.4, -0.2) is 19.2 Å². The van der Waals surface area contributed by atoms with E-state index in [1.54, 1.807) is 14.2 Å². The summed E-state index contributed by atoms with van der Waals surface area (Å²) in [6.07, 6.45) is 0.835. The molecule has 0 unspecified atom stereocenters. The van der Waals surface area contributed by atoms with Gasteiger partial charge in [-0.3, -0.25) is 0 Å². The van der Waals surface area contributed by atoms with E-state index in [0.717, 1.165) is 34.7 Å². The van der Waals surface area contributed by atoms with Crippen molar-refractivity contribution in [3.05, 3.63) is 95.0 Å². The fraction of sp³-hybridized carbons (Fsp3) is 0.160. The van der Waals surface area contributed by atoms with Gasteiger partial charge in [0.25, 0.3) is 0 Å². The first-order valence-electron chi connectivity index (χ1n) is 9.75. The number of hydrogen-bond acceptors (Lipinski definition) is 5. The Morgan fingerprint density at radius 1 is 0.900 bits per heavy atom. The zero-order valence-electron chi connectivity index (χ0n) is 17.0.